The van der Waals surface area contributed by atoms with Gasteiger partial charge in [0, 0.05) is 12.6 Å². The summed E-state index contributed by atoms with van der Waals surface area (Å²) >= 11 is 0. The molecule has 0 saturated carbocycles. The first-order valence-electron chi connectivity index (χ1n) is 3.56. The lowest BCUT2D eigenvalue weighted by molar-refractivity contribution is 0.321. The van der Waals surface area contributed by atoms with Crippen LogP contribution in [0.4, 0.5) is 5.69 Å². The smallest absolute Gasteiger partial charge is 0.146 e. The van der Waals surface area contributed by atoms with Gasteiger partial charge in [0.25, 0.3) is 0 Å². The lowest BCUT2D eigenvalue weighted by Crippen LogP contribution is -2.17. The van der Waals surface area contributed by atoms with Gasteiger partial charge in [-0.1, -0.05) is 0 Å². The van der Waals surface area contributed by atoms with Gasteiger partial charge in [-0.05, 0) is 12.1 Å². The Kier molecular flexibility index (Phi) is 2.65. The molecular formula is C8H10ClNO2. The van der Waals surface area contributed by atoms with Crippen LogP contribution in [0.25, 0.3) is 0 Å². The molecule has 0 saturated heterocycles. The molecule has 1 aromatic carbocycles. The van der Waals surface area contributed by atoms with Gasteiger partial charge in [-0.15, -0.1) is 12.4 Å². The van der Waals surface area contributed by atoms with E-state index < -0.39 is 0 Å². The summed E-state index contributed by atoms with van der Waals surface area (Å²) in [6.07, 6.45) is 0. The molecule has 0 amide bonds. The normalized spacial score (nSPS) is 13.3. The second-order valence-corrected chi connectivity index (χ2v) is 2.46. The number of hydrogen-bond acceptors (Lipinski definition) is 3. The van der Waals surface area contributed by atoms with E-state index in [1.54, 1.807) is 12.1 Å². The van der Waals surface area contributed by atoms with E-state index in [2.05, 4.69) is 5.32 Å². The van der Waals surface area contributed by atoms with Gasteiger partial charge in [-0.3, -0.25) is 0 Å². The van der Waals surface area contributed by atoms with Gasteiger partial charge in [0.2, 0.25) is 0 Å². The predicted molar refractivity (Wildman–Crippen MR) is 49.3 cm³/mol. The van der Waals surface area contributed by atoms with Gasteiger partial charge < -0.3 is 15.2 Å². The molecular weight excluding hydrogens is 178 g/mol. The van der Waals surface area contributed by atoms with Crippen LogP contribution in [0.5, 0.6) is 11.5 Å². The summed E-state index contributed by atoms with van der Waals surface area (Å²) < 4.78 is 5.28. The summed E-state index contributed by atoms with van der Waals surface area (Å²) in [5, 5.41) is 12.2. The lowest BCUT2D eigenvalue weighted by atomic mass is 10.2. The molecule has 0 radical (unpaired) electrons. The summed E-state index contributed by atoms with van der Waals surface area (Å²) in [4.78, 5) is 0. The summed E-state index contributed by atoms with van der Waals surface area (Å²) in [5.41, 5.74) is 0.953. The van der Waals surface area contributed by atoms with Crippen LogP contribution in [0, 0.1) is 0 Å². The molecule has 2 rings (SSSR count). The van der Waals surface area contributed by atoms with Crippen molar-refractivity contribution in [3.05, 3.63) is 18.2 Å². The number of ether oxygens (including phenoxy) is 1. The number of halogens is 1. The van der Waals surface area contributed by atoms with Crippen molar-refractivity contribution in [2.24, 2.45) is 0 Å². The Morgan fingerprint density at radius 1 is 1.42 bits per heavy atom. The fourth-order valence-corrected chi connectivity index (χ4v) is 1.12. The molecule has 0 fully saturated rings. The number of hydrogen-bond donors (Lipinski definition) is 2. The molecule has 0 aliphatic carbocycles. The summed E-state index contributed by atoms with van der Waals surface area (Å²) in [5.74, 6) is 0.976. The fourth-order valence-electron chi connectivity index (χ4n) is 1.12. The van der Waals surface area contributed by atoms with E-state index in [-0.39, 0.29) is 18.2 Å². The third kappa shape index (κ3) is 1.56. The maximum Gasteiger partial charge on any atom is 0.146 e. The number of aromatic hydroxyl groups is 1. The van der Waals surface area contributed by atoms with E-state index >= 15 is 0 Å². The second kappa shape index (κ2) is 3.54. The number of rotatable bonds is 0. The van der Waals surface area contributed by atoms with E-state index in [9.17, 15) is 0 Å². The minimum Gasteiger partial charge on any atom is -0.508 e. The molecule has 12 heavy (non-hydrogen) atoms. The zero-order valence-electron chi connectivity index (χ0n) is 6.41. The maximum atomic E-state index is 9.08. The molecule has 1 aliphatic heterocycles. The van der Waals surface area contributed by atoms with E-state index in [1.807, 2.05) is 6.07 Å². The predicted octanol–water partition coefficient (Wildman–Crippen LogP) is 1.62. The Hall–Kier alpha value is -1.09. The lowest BCUT2D eigenvalue weighted by Gasteiger charge is -2.18. The highest BCUT2D eigenvalue weighted by Crippen LogP contribution is 2.30. The second-order valence-electron chi connectivity index (χ2n) is 2.46. The molecule has 0 atom stereocenters. The molecule has 1 heterocycles. The number of phenolic OH excluding ortho intramolecular Hbond substituents is 1. The van der Waals surface area contributed by atoms with Crippen LogP contribution in [0.2, 0.25) is 0 Å². The van der Waals surface area contributed by atoms with Crippen molar-refractivity contribution in [1.29, 1.82) is 0 Å². The zero-order valence-corrected chi connectivity index (χ0v) is 7.23. The fraction of sp³-hybridized carbons (Fsp3) is 0.250. The summed E-state index contributed by atoms with van der Waals surface area (Å²) in [7, 11) is 0. The van der Waals surface area contributed by atoms with Gasteiger partial charge >= 0.3 is 0 Å². The highest BCUT2D eigenvalue weighted by atomic mass is 35.5. The first-order valence-corrected chi connectivity index (χ1v) is 3.56. The van der Waals surface area contributed by atoms with Crippen LogP contribution in [-0.4, -0.2) is 18.3 Å². The highest BCUT2D eigenvalue weighted by molar-refractivity contribution is 5.85. The molecule has 3 nitrogen and oxygen atoms in total. The van der Waals surface area contributed by atoms with Gasteiger partial charge in [0.05, 0.1) is 5.69 Å². The molecule has 66 valence electrons. The van der Waals surface area contributed by atoms with Crippen molar-refractivity contribution in [1.82, 2.24) is 0 Å². The quantitative estimate of drug-likeness (QED) is 0.607. The molecule has 0 spiro atoms. The van der Waals surface area contributed by atoms with Crippen molar-refractivity contribution >= 4 is 18.1 Å². The maximum absolute atomic E-state index is 9.08. The Morgan fingerprint density at radius 2 is 2.25 bits per heavy atom. The monoisotopic (exact) mass is 187 g/mol. The van der Waals surface area contributed by atoms with Gasteiger partial charge in [0.1, 0.15) is 18.1 Å². The zero-order chi connectivity index (χ0) is 7.68. The average molecular weight is 188 g/mol. The van der Waals surface area contributed by atoms with E-state index in [0.717, 1.165) is 18.0 Å². The number of nitrogens with one attached hydrogen (secondary N) is 1. The van der Waals surface area contributed by atoms with Crippen LogP contribution >= 0.6 is 12.4 Å². The van der Waals surface area contributed by atoms with Crippen LogP contribution in [0.15, 0.2) is 18.2 Å². The molecule has 1 aromatic rings. The topological polar surface area (TPSA) is 41.5 Å². The Bertz CT molecular complexity index is 278. The molecule has 4 heteroatoms. The van der Waals surface area contributed by atoms with E-state index in [0.29, 0.717) is 6.61 Å². The van der Waals surface area contributed by atoms with Crippen molar-refractivity contribution in [2.75, 3.05) is 18.5 Å². The van der Waals surface area contributed by atoms with E-state index in [4.69, 9.17) is 9.84 Å². The number of benzene rings is 1. The first kappa shape index (κ1) is 9.00. The van der Waals surface area contributed by atoms with Gasteiger partial charge in [0.15, 0.2) is 0 Å². The average Bonchev–Trinajstić information content (AvgIpc) is 2.04. The number of fused-ring (bicyclic) bond motifs is 1. The SMILES string of the molecule is Cl.Oc1ccc2c(c1)OCCN2. The minimum absolute atomic E-state index is 0. The third-order valence-corrected chi connectivity index (χ3v) is 1.64. The highest BCUT2D eigenvalue weighted by Gasteiger charge is 2.08. The van der Waals surface area contributed by atoms with Crippen LogP contribution < -0.4 is 10.1 Å². The van der Waals surface area contributed by atoms with Crippen LogP contribution in [0.3, 0.4) is 0 Å². The molecule has 2 N–H and O–H groups in total. The Labute approximate surface area is 76.8 Å². The Morgan fingerprint density at radius 3 is 3.08 bits per heavy atom. The van der Waals surface area contributed by atoms with E-state index in [1.165, 1.54) is 0 Å². The van der Waals surface area contributed by atoms with Crippen LogP contribution in [-0.2, 0) is 0 Å². The molecule has 0 unspecified atom stereocenters. The summed E-state index contributed by atoms with van der Waals surface area (Å²) in [6.45, 7) is 1.49. The molecule has 0 aromatic heterocycles. The van der Waals surface area contributed by atoms with Crippen molar-refractivity contribution in [3.8, 4) is 11.5 Å². The van der Waals surface area contributed by atoms with Gasteiger partial charge in [-0.2, -0.15) is 0 Å². The molecule has 0 bridgehead atoms. The number of anilines is 1. The number of phenols is 1. The molecule has 1 aliphatic rings. The standard InChI is InChI=1S/C8H9NO2.ClH/c10-6-1-2-7-8(5-6)11-4-3-9-7;/h1-2,5,9-10H,3-4H2;1H. The minimum atomic E-state index is 0. The first-order chi connectivity index (χ1) is 5.36. The van der Waals surface area contributed by atoms with Gasteiger partial charge in [-0.25, -0.2) is 0 Å². The van der Waals surface area contributed by atoms with Crippen molar-refractivity contribution in [3.63, 3.8) is 0 Å². The van der Waals surface area contributed by atoms with Crippen molar-refractivity contribution in [2.45, 2.75) is 0 Å². The summed E-state index contributed by atoms with van der Waals surface area (Å²) in [6, 6.07) is 5.06. The van der Waals surface area contributed by atoms with Crippen LogP contribution in [0.1, 0.15) is 0 Å². The largest absolute Gasteiger partial charge is 0.508 e. The van der Waals surface area contributed by atoms with Crippen molar-refractivity contribution < 1.29 is 9.84 Å². The third-order valence-electron chi connectivity index (χ3n) is 1.64. The Balaban J connectivity index is 0.000000720.